The summed E-state index contributed by atoms with van der Waals surface area (Å²) in [5.41, 5.74) is 2.07. The van der Waals surface area contributed by atoms with Crippen LogP contribution >= 0.6 is 0 Å². The molecule has 0 saturated carbocycles. The lowest BCUT2D eigenvalue weighted by Gasteiger charge is -2.40. The van der Waals surface area contributed by atoms with E-state index in [0.717, 1.165) is 24.3 Å². The van der Waals surface area contributed by atoms with Crippen molar-refractivity contribution in [3.63, 3.8) is 0 Å². The van der Waals surface area contributed by atoms with Gasteiger partial charge in [0.2, 0.25) is 6.30 Å². The number of hydrogen-bond donors (Lipinski definition) is 0. The van der Waals surface area contributed by atoms with Crippen molar-refractivity contribution in [3.8, 4) is 0 Å². The highest BCUT2D eigenvalue weighted by molar-refractivity contribution is 5.58. The Morgan fingerprint density at radius 3 is 1.76 bits per heavy atom. The van der Waals surface area contributed by atoms with Gasteiger partial charge in [-0.25, -0.2) is 4.48 Å². The van der Waals surface area contributed by atoms with Crippen LogP contribution in [0.25, 0.3) is 0 Å². The standard InChI is InChI=1S/C23H33FN/c1-4-6-13-21(5-2)18-19-25(20(3)24,22-14-9-7-10-15-22)23-16-11-8-12-17-23/h7-12,14-17,20-21H,4-6,13,18-19H2,1-3H3/q+1. The van der Waals surface area contributed by atoms with E-state index >= 15 is 4.39 Å². The van der Waals surface area contributed by atoms with E-state index in [1.807, 2.05) is 36.4 Å². The topological polar surface area (TPSA) is 0 Å². The summed E-state index contributed by atoms with van der Waals surface area (Å²) >= 11 is 0. The molecule has 0 saturated heterocycles. The third-order valence-electron chi connectivity index (χ3n) is 5.47. The van der Waals surface area contributed by atoms with Crippen LogP contribution < -0.4 is 4.48 Å². The molecule has 0 heterocycles. The molecule has 0 fully saturated rings. The summed E-state index contributed by atoms with van der Waals surface area (Å²) in [6.45, 7) is 7.00. The zero-order valence-corrected chi connectivity index (χ0v) is 16.0. The van der Waals surface area contributed by atoms with Crippen LogP contribution in [0, 0.1) is 5.92 Å². The van der Waals surface area contributed by atoms with E-state index in [-0.39, 0.29) is 4.48 Å². The van der Waals surface area contributed by atoms with Gasteiger partial charge in [0.1, 0.15) is 11.4 Å². The van der Waals surface area contributed by atoms with E-state index in [9.17, 15) is 0 Å². The molecule has 0 aliphatic carbocycles. The monoisotopic (exact) mass is 342 g/mol. The van der Waals surface area contributed by atoms with Crippen molar-refractivity contribution in [2.75, 3.05) is 6.54 Å². The summed E-state index contributed by atoms with van der Waals surface area (Å²) in [4.78, 5) is 0. The van der Waals surface area contributed by atoms with Crippen molar-refractivity contribution in [1.82, 2.24) is 4.48 Å². The number of unbranched alkanes of at least 4 members (excludes halogenated alkanes) is 1. The maximum Gasteiger partial charge on any atom is 0.238 e. The molecule has 2 unspecified atom stereocenters. The summed E-state index contributed by atoms with van der Waals surface area (Å²) in [5.74, 6) is 0.670. The van der Waals surface area contributed by atoms with Gasteiger partial charge in [-0.1, -0.05) is 75.9 Å². The number of para-hydroxylation sites is 2. The molecule has 2 aromatic carbocycles. The Bertz CT molecular complexity index is 555. The van der Waals surface area contributed by atoms with Gasteiger partial charge in [0.15, 0.2) is 0 Å². The first-order valence-electron chi connectivity index (χ1n) is 9.78. The molecule has 0 amide bonds. The van der Waals surface area contributed by atoms with Crippen LogP contribution in [0.15, 0.2) is 60.7 Å². The number of rotatable bonds is 10. The largest absolute Gasteiger partial charge is 0.238 e. The Balaban J connectivity index is 2.38. The number of quaternary nitrogens is 1. The molecule has 2 atom stereocenters. The lowest BCUT2D eigenvalue weighted by molar-refractivity contribution is 0.150. The van der Waals surface area contributed by atoms with Gasteiger partial charge in [0.05, 0.1) is 6.54 Å². The van der Waals surface area contributed by atoms with Gasteiger partial charge in [-0.05, 0) is 30.2 Å². The molecular formula is C23H33FN+. The summed E-state index contributed by atoms with van der Waals surface area (Å²) < 4.78 is 15.5. The maximum atomic E-state index is 15.2. The molecule has 2 aromatic rings. The lowest BCUT2D eigenvalue weighted by Crippen LogP contribution is -2.50. The van der Waals surface area contributed by atoms with Crippen LogP contribution in [0.5, 0.6) is 0 Å². The van der Waals surface area contributed by atoms with Gasteiger partial charge in [-0.3, -0.25) is 0 Å². The molecule has 25 heavy (non-hydrogen) atoms. The lowest BCUT2D eigenvalue weighted by atomic mass is 9.94. The fourth-order valence-corrected chi connectivity index (χ4v) is 3.82. The Kier molecular flexibility index (Phi) is 7.64. The molecule has 0 N–H and O–H groups in total. The number of nitrogens with zero attached hydrogens (tertiary/aromatic N) is 1. The second kappa shape index (κ2) is 9.72. The Morgan fingerprint density at radius 2 is 1.36 bits per heavy atom. The second-order valence-electron chi connectivity index (χ2n) is 7.04. The van der Waals surface area contributed by atoms with E-state index in [0.29, 0.717) is 5.92 Å². The van der Waals surface area contributed by atoms with Crippen molar-refractivity contribution < 1.29 is 4.39 Å². The van der Waals surface area contributed by atoms with E-state index in [2.05, 4.69) is 38.1 Å². The first-order valence-corrected chi connectivity index (χ1v) is 9.78. The minimum Gasteiger partial charge on any atom is -0.230 e. The second-order valence-corrected chi connectivity index (χ2v) is 7.04. The van der Waals surface area contributed by atoms with E-state index in [4.69, 9.17) is 0 Å². The van der Waals surface area contributed by atoms with Crippen LogP contribution in [-0.4, -0.2) is 12.8 Å². The highest BCUT2D eigenvalue weighted by atomic mass is 19.1. The molecule has 0 aromatic heterocycles. The molecule has 1 nitrogen and oxygen atoms in total. The van der Waals surface area contributed by atoms with Crippen molar-refractivity contribution in [2.24, 2.45) is 5.92 Å². The Hall–Kier alpha value is -1.67. The fourth-order valence-electron chi connectivity index (χ4n) is 3.82. The molecule has 0 bridgehead atoms. The molecule has 136 valence electrons. The zero-order chi connectivity index (χ0) is 18.1. The third-order valence-corrected chi connectivity index (χ3v) is 5.47. The van der Waals surface area contributed by atoms with Crippen molar-refractivity contribution >= 4 is 11.4 Å². The molecule has 0 aliphatic heterocycles. The van der Waals surface area contributed by atoms with Gasteiger partial charge in [0, 0.05) is 13.3 Å². The van der Waals surface area contributed by atoms with Crippen molar-refractivity contribution in [3.05, 3.63) is 60.7 Å². The van der Waals surface area contributed by atoms with E-state index in [1.165, 1.54) is 25.7 Å². The number of hydrogen-bond acceptors (Lipinski definition) is 0. The van der Waals surface area contributed by atoms with Gasteiger partial charge in [-0.2, -0.15) is 4.39 Å². The quantitative estimate of drug-likeness (QED) is 0.315. The average molecular weight is 343 g/mol. The van der Waals surface area contributed by atoms with Crippen LogP contribution in [0.3, 0.4) is 0 Å². The molecule has 2 heteroatoms. The van der Waals surface area contributed by atoms with E-state index < -0.39 is 6.30 Å². The van der Waals surface area contributed by atoms with Crippen LogP contribution in [0.4, 0.5) is 15.8 Å². The Morgan fingerprint density at radius 1 is 0.840 bits per heavy atom. The van der Waals surface area contributed by atoms with Gasteiger partial charge in [-0.15, -0.1) is 0 Å². The minimum absolute atomic E-state index is 0.282. The summed E-state index contributed by atoms with van der Waals surface area (Å²) in [6.07, 6.45) is 4.97. The summed E-state index contributed by atoms with van der Waals surface area (Å²) in [6, 6.07) is 20.3. The smallest absolute Gasteiger partial charge is 0.230 e. The van der Waals surface area contributed by atoms with Gasteiger partial charge >= 0.3 is 0 Å². The van der Waals surface area contributed by atoms with Gasteiger partial charge in [0.25, 0.3) is 0 Å². The summed E-state index contributed by atoms with van der Waals surface area (Å²) in [7, 11) is 0. The Labute approximate surface area is 153 Å². The number of benzene rings is 2. The number of alkyl halides is 1. The molecule has 0 radical (unpaired) electrons. The normalized spacial score (nSPS) is 14.2. The predicted molar refractivity (Wildman–Crippen MR) is 108 cm³/mol. The highest BCUT2D eigenvalue weighted by Gasteiger charge is 2.39. The molecular weight excluding hydrogens is 309 g/mol. The van der Waals surface area contributed by atoms with Crippen LogP contribution in [0.1, 0.15) is 52.9 Å². The molecule has 0 spiro atoms. The van der Waals surface area contributed by atoms with Gasteiger partial charge < -0.3 is 0 Å². The average Bonchev–Trinajstić information content (AvgIpc) is 2.66. The predicted octanol–water partition coefficient (Wildman–Crippen LogP) is 7.25. The van der Waals surface area contributed by atoms with Crippen molar-refractivity contribution in [2.45, 2.75) is 59.2 Å². The van der Waals surface area contributed by atoms with E-state index in [1.54, 1.807) is 6.92 Å². The first kappa shape index (κ1) is 19.7. The van der Waals surface area contributed by atoms with Crippen LogP contribution in [0.2, 0.25) is 0 Å². The SMILES string of the molecule is CCCCC(CC)CC[N+](c1ccccc1)(c1ccccc1)C(C)F. The molecule has 0 aliphatic rings. The first-order chi connectivity index (χ1) is 12.1. The third kappa shape index (κ3) is 4.70. The fraction of sp³-hybridized carbons (Fsp3) is 0.478. The molecule has 2 rings (SSSR count). The zero-order valence-electron chi connectivity index (χ0n) is 16.0. The number of halogens is 1. The minimum atomic E-state index is -0.992. The summed E-state index contributed by atoms with van der Waals surface area (Å²) in [5, 5.41) is 0. The van der Waals surface area contributed by atoms with Crippen LogP contribution in [-0.2, 0) is 0 Å². The van der Waals surface area contributed by atoms with Crippen molar-refractivity contribution in [1.29, 1.82) is 0 Å². The highest BCUT2D eigenvalue weighted by Crippen LogP contribution is 2.39. The maximum absolute atomic E-state index is 15.2.